The van der Waals surface area contributed by atoms with Crippen molar-refractivity contribution in [3.8, 4) is 5.75 Å². The van der Waals surface area contributed by atoms with Crippen LogP contribution in [-0.2, 0) is 11.4 Å². The van der Waals surface area contributed by atoms with E-state index in [4.69, 9.17) is 16.3 Å². The Morgan fingerprint density at radius 3 is 2.79 bits per heavy atom. The number of carboxylic acid groups (broad SMARTS) is 1. The van der Waals surface area contributed by atoms with Crippen LogP contribution in [-0.4, -0.2) is 33.4 Å². The molecular weight excluding hydrogens is 400 g/mol. The molecule has 6 nitrogen and oxygen atoms in total. The molecule has 0 saturated carbocycles. The first-order valence-corrected chi connectivity index (χ1v) is 10.6. The third-order valence-corrected chi connectivity index (χ3v) is 6.14. The van der Waals surface area contributed by atoms with Crippen LogP contribution in [0.1, 0.15) is 65.4 Å². The molecule has 0 aliphatic carbocycles. The van der Waals surface area contributed by atoms with Crippen LogP contribution in [0.5, 0.6) is 5.75 Å². The van der Waals surface area contributed by atoms with Crippen molar-refractivity contribution in [2.75, 3.05) is 6.54 Å². The standard InChI is InChI=1S/C20H23ClN2O4S/c1-2-3-6-17(24)23-11-4-5-16(23)19-22-15(18(28-19)20(25)26)12-27-14-9-7-13(21)8-10-14/h7-10,16H,2-6,11-12H2,1H3,(H,25,26)/t16-/m1/s1. The van der Waals surface area contributed by atoms with Crippen molar-refractivity contribution >= 4 is 34.8 Å². The van der Waals surface area contributed by atoms with Crippen LogP contribution in [0.15, 0.2) is 24.3 Å². The van der Waals surface area contributed by atoms with Crippen LogP contribution >= 0.6 is 22.9 Å². The maximum absolute atomic E-state index is 12.5. The SMILES string of the molecule is CCCCC(=O)N1CCC[C@@H]1c1nc(COc2ccc(Cl)cc2)c(C(=O)O)s1. The molecule has 1 saturated heterocycles. The quantitative estimate of drug-likeness (QED) is 0.652. The molecule has 150 valence electrons. The van der Waals surface area contributed by atoms with Crippen LogP contribution in [0.2, 0.25) is 5.02 Å². The fraction of sp³-hybridized carbons (Fsp3) is 0.450. The summed E-state index contributed by atoms with van der Waals surface area (Å²) in [6.07, 6.45) is 4.07. The van der Waals surface area contributed by atoms with E-state index in [0.29, 0.717) is 34.4 Å². The van der Waals surface area contributed by atoms with E-state index in [-0.39, 0.29) is 23.4 Å². The molecule has 8 heteroatoms. The first kappa shape index (κ1) is 20.6. The molecule has 1 fully saturated rings. The van der Waals surface area contributed by atoms with Gasteiger partial charge in [0.25, 0.3) is 0 Å². The first-order chi connectivity index (χ1) is 13.5. The summed E-state index contributed by atoms with van der Waals surface area (Å²) in [6, 6.07) is 6.72. The van der Waals surface area contributed by atoms with Gasteiger partial charge < -0.3 is 14.7 Å². The Bertz CT molecular complexity index is 837. The molecule has 2 heterocycles. The predicted octanol–water partition coefficient (Wildman–Crippen LogP) is 4.93. The van der Waals surface area contributed by atoms with Crippen molar-refractivity contribution in [1.29, 1.82) is 0 Å². The lowest BCUT2D eigenvalue weighted by molar-refractivity contribution is -0.132. The Morgan fingerprint density at radius 1 is 1.36 bits per heavy atom. The number of amides is 1. The number of carbonyl (C=O) groups excluding carboxylic acids is 1. The second-order valence-corrected chi connectivity index (χ2v) is 8.19. The van der Waals surface area contributed by atoms with Crippen molar-refractivity contribution in [2.24, 2.45) is 0 Å². The number of carboxylic acids is 1. The number of benzene rings is 1. The summed E-state index contributed by atoms with van der Waals surface area (Å²) in [4.78, 5) is 30.7. The van der Waals surface area contributed by atoms with Gasteiger partial charge in [0.2, 0.25) is 5.91 Å². The minimum Gasteiger partial charge on any atom is -0.487 e. The van der Waals surface area contributed by atoms with Gasteiger partial charge >= 0.3 is 5.97 Å². The molecule has 0 bridgehead atoms. The van der Waals surface area contributed by atoms with Gasteiger partial charge in [-0.15, -0.1) is 11.3 Å². The highest BCUT2D eigenvalue weighted by Gasteiger charge is 2.33. The lowest BCUT2D eigenvalue weighted by atomic mass is 10.2. The fourth-order valence-corrected chi connectivity index (χ4v) is 4.44. The van der Waals surface area contributed by atoms with Gasteiger partial charge in [0.15, 0.2) is 0 Å². The topological polar surface area (TPSA) is 79.7 Å². The monoisotopic (exact) mass is 422 g/mol. The zero-order valence-corrected chi connectivity index (χ0v) is 17.3. The molecule has 0 unspecified atom stereocenters. The van der Waals surface area contributed by atoms with Crippen LogP contribution in [0.3, 0.4) is 0 Å². The number of aromatic nitrogens is 1. The highest BCUT2D eigenvalue weighted by atomic mass is 35.5. The summed E-state index contributed by atoms with van der Waals surface area (Å²) in [5, 5.41) is 10.8. The lowest BCUT2D eigenvalue weighted by Gasteiger charge is -2.23. The number of aromatic carboxylic acids is 1. The number of ether oxygens (including phenoxy) is 1. The van der Waals surface area contributed by atoms with Crippen molar-refractivity contribution in [3.05, 3.63) is 44.9 Å². The smallest absolute Gasteiger partial charge is 0.347 e. The van der Waals surface area contributed by atoms with Crippen molar-refractivity contribution in [2.45, 2.75) is 51.7 Å². The van der Waals surface area contributed by atoms with Crippen LogP contribution in [0, 0.1) is 0 Å². The Morgan fingerprint density at radius 2 is 2.11 bits per heavy atom. The molecule has 0 spiro atoms. The number of halogens is 1. The molecule has 1 aliphatic rings. The molecular formula is C20H23ClN2O4S. The average molecular weight is 423 g/mol. The van der Waals surface area contributed by atoms with E-state index in [2.05, 4.69) is 11.9 Å². The van der Waals surface area contributed by atoms with E-state index < -0.39 is 5.97 Å². The number of unbranched alkanes of at least 4 members (excludes halogenated alkanes) is 1. The zero-order chi connectivity index (χ0) is 20.1. The molecule has 1 atom stereocenters. The summed E-state index contributed by atoms with van der Waals surface area (Å²) < 4.78 is 5.68. The summed E-state index contributed by atoms with van der Waals surface area (Å²) in [6.45, 7) is 2.81. The number of hydrogen-bond donors (Lipinski definition) is 1. The van der Waals surface area contributed by atoms with E-state index in [0.717, 1.165) is 37.0 Å². The largest absolute Gasteiger partial charge is 0.487 e. The van der Waals surface area contributed by atoms with Crippen LogP contribution < -0.4 is 4.74 Å². The second-order valence-electron chi connectivity index (χ2n) is 6.72. The number of rotatable bonds is 8. The molecule has 1 aliphatic heterocycles. The van der Waals surface area contributed by atoms with E-state index in [1.54, 1.807) is 24.3 Å². The molecule has 0 radical (unpaired) electrons. The van der Waals surface area contributed by atoms with Crippen molar-refractivity contribution in [3.63, 3.8) is 0 Å². The highest BCUT2D eigenvalue weighted by molar-refractivity contribution is 7.13. The van der Waals surface area contributed by atoms with Crippen molar-refractivity contribution in [1.82, 2.24) is 9.88 Å². The number of hydrogen-bond acceptors (Lipinski definition) is 5. The predicted molar refractivity (Wildman–Crippen MR) is 108 cm³/mol. The normalized spacial score (nSPS) is 16.4. The molecule has 1 amide bonds. The second kappa shape index (κ2) is 9.39. The maximum atomic E-state index is 12.5. The van der Waals surface area contributed by atoms with Gasteiger partial charge in [-0.1, -0.05) is 24.9 Å². The van der Waals surface area contributed by atoms with Crippen LogP contribution in [0.4, 0.5) is 0 Å². The number of carbonyl (C=O) groups is 2. The Kier molecular flexibility index (Phi) is 6.91. The Balaban J connectivity index is 1.76. The van der Waals surface area contributed by atoms with Gasteiger partial charge in [0, 0.05) is 18.0 Å². The number of nitrogens with zero attached hydrogens (tertiary/aromatic N) is 2. The van der Waals surface area contributed by atoms with Gasteiger partial charge in [-0.2, -0.15) is 0 Å². The third-order valence-electron chi connectivity index (χ3n) is 4.70. The maximum Gasteiger partial charge on any atom is 0.347 e. The van der Waals surface area contributed by atoms with E-state index in [9.17, 15) is 14.7 Å². The fourth-order valence-electron chi connectivity index (χ4n) is 3.25. The molecule has 1 aromatic heterocycles. The van der Waals surface area contributed by atoms with Gasteiger partial charge in [-0.25, -0.2) is 9.78 Å². The van der Waals surface area contributed by atoms with Crippen LogP contribution in [0.25, 0.3) is 0 Å². The van der Waals surface area contributed by atoms with Gasteiger partial charge in [0.05, 0.1) is 6.04 Å². The van der Waals surface area contributed by atoms with Gasteiger partial charge in [-0.3, -0.25) is 4.79 Å². The highest BCUT2D eigenvalue weighted by Crippen LogP contribution is 2.36. The molecule has 1 aromatic carbocycles. The minimum absolute atomic E-state index is 0.0519. The number of thiazole rings is 1. The van der Waals surface area contributed by atoms with Gasteiger partial charge in [-0.05, 0) is 43.5 Å². The van der Waals surface area contributed by atoms with E-state index in [1.807, 2.05) is 4.90 Å². The summed E-state index contributed by atoms with van der Waals surface area (Å²) >= 11 is 7.01. The summed E-state index contributed by atoms with van der Waals surface area (Å²) in [5.74, 6) is -0.316. The summed E-state index contributed by atoms with van der Waals surface area (Å²) in [7, 11) is 0. The van der Waals surface area contributed by atoms with Crippen molar-refractivity contribution < 1.29 is 19.4 Å². The molecule has 2 aromatic rings. The molecule has 28 heavy (non-hydrogen) atoms. The third kappa shape index (κ3) is 4.83. The van der Waals surface area contributed by atoms with E-state index >= 15 is 0 Å². The van der Waals surface area contributed by atoms with E-state index in [1.165, 1.54) is 0 Å². The Labute approximate surface area is 173 Å². The lowest BCUT2D eigenvalue weighted by Crippen LogP contribution is -2.30. The molecule has 3 rings (SSSR count). The Hall–Kier alpha value is -2.12. The first-order valence-electron chi connectivity index (χ1n) is 9.40. The number of likely N-dealkylation sites (tertiary alicyclic amines) is 1. The summed E-state index contributed by atoms with van der Waals surface area (Å²) in [5.41, 5.74) is 0.385. The zero-order valence-electron chi connectivity index (χ0n) is 15.7. The minimum atomic E-state index is -1.03. The molecule has 1 N–H and O–H groups in total. The van der Waals surface area contributed by atoms with Gasteiger partial charge in [0.1, 0.15) is 27.9 Å². The average Bonchev–Trinajstić information content (AvgIpc) is 3.32.